The Kier molecular flexibility index (Phi) is 7.55. The lowest BCUT2D eigenvalue weighted by molar-refractivity contribution is -0.383. The Bertz CT molecular complexity index is 1260. The molecule has 0 atom stereocenters. The molecule has 0 aliphatic carbocycles. The Morgan fingerprint density at radius 1 is 1.26 bits per heavy atom. The highest BCUT2D eigenvalue weighted by Crippen LogP contribution is 2.30. The van der Waals surface area contributed by atoms with E-state index in [4.69, 9.17) is 9.29 Å². The molecule has 0 radical (unpaired) electrons. The smallest absolute Gasteiger partial charge is 0.293 e. The van der Waals surface area contributed by atoms with Crippen molar-refractivity contribution in [2.75, 3.05) is 45.9 Å². The zero-order valence-corrected chi connectivity index (χ0v) is 18.3. The van der Waals surface area contributed by atoms with E-state index in [1.54, 1.807) is 24.3 Å². The number of hydrogen-bond donors (Lipinski definition) is 3. The average molecular weight is 452 g/mol. The monoisotopic (exact) mass is 452 g/mol. The Balaban J connectivity index is 0.000000614. The van der Waals surface area contributed by atoms with Gasteiger partial charge in [0.2, 0.25) is 0 Å². The second-order valence-electron chi connectivity index (χ2n) is 6.97. The van der Waals surface area contributed by atoms with Crippen molar-refractivity contribution >= 4 is 43.3 Å². The van der Waals surface area contributed by atoms with Crippen molar-refractivity contribution in [2.45, 2.75) is 0 Å². The van der Waals surface area contributed by atoms with Crippen LogP contribution in [0.2, 0.25) is 0 Å². The molecule has 0 spiro atoms. The number of nitrogens with zero attached hydrogens (tertiary/aromatic N) is 2. The SMILES string of the molecule is COc1ccc2[nH]c3c([N+](=O)[O-])ccc(NCCN(C)C)c3c(=O)c2c1.CS(=O)(=O)O. The second kappa shape index (κ2) is 9.73. The summed E-state index contributed by atoms with van der Waals surface area (Å²) in [6.45, 7) is 1.37. The van der Waals surface area contributed by atoms with Crippen molar-refractivity contribution in [2.24, 2.45) is 0 Å². The van der Waals surface area contributed by atoms with Crippen LogP contribution in [0.3, 0.4) is 0 Å². The molecule has 0 fully saturated rings. The van der Waals surface area contributed by atoms with Crippen LogP contribution in [-0.2, 0) is 10.1 Å². The third-order valence-electron chi connectivity index (χ3n) is 4.21. The number of aromatic amines is 1. The van der Waals surface area contributed by atoms with Gasteiger partial charge in [-0.3, -0.25) is 19.5 Å². The van der Waals surface area contributed by atoms with Gasteiger partial charge in [-0.05, 0) is 38.4 Å². The summed E-state index contributed by atoms with van der Waals surface area (Å²) in [7, 11) is 1.75. The third kappa shape index (κ3) is 6.38. The number of non-ortho nitro benzene ring substituents is 1. The lowest BCUT2D eigenvalue weighted by Gasteiger charge is -2.13. The summed E-state index contributed by atoms with van der Waals surface area (Å²) in [5.74, 6) is 0.551. The molecule has 168 valence electrons. The van der Waals surface area contributed by atoms with Gasteiger partial charge in [0, 0.05) is 30.2 Å². The van der Waals surface area contributed by atoms with Gasteiger partial charge in [-0.2, -0.15) is 8.42 Å². The molecule has 1 aromatic heterocycles. The first-order chi connectivity index (χ1) is 14.4. The van der Waals surface area contributed by atoms with Gasteiger partial charge in [0.25, 0.3) is 15.8 Å². The van der Waals surface area contributed by atoms with Crippen LogP contribution >= 0.6 is 0 Å². The van der Waals surface area contributed by atoms with Crippen LogP contribution in [0, 0.1) is 10.1 Å². The quantitative estimate of drug-likeness (QED) is 0.221. The number of aromatic nitrogens is 1. The maximum absolute atomic E-state index is 13.1. The molecule has 12 heteroatoms. The highest BCUT2D eigenvalue weighted by Gasteiger charge is 2.19. The van der Waals surface area contributed by atoms with Crippen molar-refractivity contribution in [3.8, 4) is 5.75 Å². The minimum atomic E-state index is -3.67. The van der Waals surface area contributed by atoms with Gasteiger partial charge >= 0.3 is 0 Å². The standard InChI is InChI=1S/C18H20N4O4.CH4O3S/c1-21(2)9-8-19-14-6-7-15(22(24)25)17-16(14)18(23)12-10-11(26-3)4-5-13(12)20-17;1-5(2,3)4/h4-7,10,19H,8-9H2,1-3H3,(H,20,23);1H3,(H,2,3,4). The molecule has 3 rings (SSSR count). The molecule has 0 saturated heterocycles. The molecular weight excluding hydrogens is 428 g/mol. The van der Waals surface area contributed by atoms with E-state index in [0.717, 1.165) is 6.54 Å². The number of nitro groups is 1. The fraction of sp³-hybridized carbons (Fsp3) is 0.316. The van der Waals surface area contributed by atoms with Gasteiger partial charge in [0.1, 0.15) is 11.3 Å². The van der Waals surface area contributed by atoms with Gasteiger partial charge in [-0.25, -0.2) is 0 Å². The second-order valence-corrected chi connectivity index (χ2v) is 8.43. The first-order valence-corrected chi connectivity index (χ1v) is 10.9. The molecule has 0 aliphatic rings. The van der Waals surface area contributed by atoms with Gasteiger partial charge in [-0.15, -0.1) is 0 Å². The number of rotatable bonds is 6. The molecule has 0 bridgehead atoms. The summed E-state index contributed by atoms with van der Waals surface area (Å²) in [6, 6.07) is 8.01. The Morgan fingerprint density at radius 3 is 2.45 bits per heavy atom. The van der Waals surface area contributed by atoms with Crippen LogP contribution in [0.1, 0.15) is 0 Å². The van der Waals surface area contributed by atoms with Crippen molar-refractivity contribution in [1.82, 2.24) is 9.88 Å². The molecule has 31 heavy (non-hydrogen) atoms. The number of methoxy groups -OCH3 is 1. The molecule has 3 aromatic rings. The topological polar surface area (TPSA) is 155 Å². The Hall–Kier alpha value is -3.22. The summed E-state index contributed by atoms with van der Waals surface area (Å²) in [5, 5.41) is 15.3. The number of benzene rings is 2. The molecular formula is C19H24N4O7S. The molecule has 1 heterocycles. The maximum atomic E-state index is 13.1. The van der Waals surface area contributed by atoms with Crippen molar-refractivity contribution in [1.29, 1.82) is 0 Å². The molecule has 2 aromatic carbocycles. The predicted molar refractivity (Wildman–Crippen MR) is 120 cm³/mol. The number of nitro benzene ring substituents is 1. The highest BCUT2D eigenvalue weighted by molar-refractivity contribution is 7.85. The fourth-order valence-electron chi connectivity index (χ4n) is 2.88. The van der Waals surface area contributed by atoms with E-state index in [0.29, 0.717) is 35.1 Å². The molecule has 0 unspecified atom stereocenters. The van der Waals surface area contributed by atoms with E-state index >= 15 is 0 Å². The van der Waals surface area contributed by atoms with Gasteiger partial charge < -0.3 is 19.9 Å². The highest BCUT2D eigenvalue weighted by atomic mass is 32.2. The summed E-state index contributed by atoms with van der Waals surface area (Å²) < 4.78 is 31.1. The Morgan fingerprint density at radius 2 is 1.90 bits per heavy atom. The predicted octanol–water partition coefficient (Wildman–Crippen LogP) is 2.08. The van der Waals surface area contributed by atoms with Crippen LogP contribution in [0.5, 0.6) is 5.75 Å². The summed E-state index contributed by atoms with van der Waals surface area (Å²) in [5.41, 5.74) is 0.902. The fourth-order valence-corrected chi connectivity index (χ4v) is 2.88. The average Bonchev–Trinajstić information content (AvgIpc) is 2.66. The van der Waals surface area contributed by atoms with Crippen molar-refractivity contribution in [3.05, 3.63) is 50.7 Å². The van der Waals surface area contributed by atoms with E-state index in [2.05, 4.69) is 10.3 Å². The normalized spacial score (nSPS) is 11.3. The number of likely N-dealkylation sites (N-methyl/N-ethyl adjacent to an activating group) is 1. The zero-order chi connectivity index (χ0) is 23.3. The summed E-state index contributed by atoms with van der Waals surface area (Å²) in [4.78, 5) is 29.1. The van der Waals surface area contributed by atoms with E-state index in [9.17, 15) is 23.3 Å². The number of pyridine rings is 1. The van der Waals surface area contributed by atoms with Gasteiger partial charge in [0.15, 0.2) is 5.43 Å². The molecule has 0 amide bonds. The minimum absolute atomic E-state index is 0.132. The minimum Gasteiger partial charge on any atom is -0.497 e. The van der Waals surface area contributed by atoms with E-state index in [1.807, 2.05) is 19.0 Å². The molecule has 11 nitrogen and oxygen atoms in total. The number of hydrogen-bond acceptors (Lipinski definition) is 8. The van der Waals surface area contributed by atoms with Crippen molar-refractivity contribution in [3.63, 3.8) is 0 Å². The molecule has 0 aliphatic heterocycles. The van der Waals surface area contributed by atoms with Gasteiger partial charge in [-0.1, -0.05) is 0 Å². The van der Waals surface area contributed by atoms with Crippen LogP contribution in [0.4, 0.5) is 11.4 Å². The third-order valence-corrected chi connectivity index (χ3v) is 4.21. The Labute approximate surface area is 178 Å². The van der Waals surface area contributed by atoms with E-state index in [-0.39, 0.29) is 22.0 Å². The van der Waals surface area contributed by atoms with Crippen LogP contribution < -0.4 is 15.5 Å². The number of H-pyrrole nitrogens is 1. The summed E-state index contributed by atoms with van der Waals surface area (Å²) >= 11 is 0. The first-order valence-electron chi connectivity index (χ1n) is 9.04. The number of ether oxygens (including phenoxy) is 1. The number of nitrogens with one attached hydrogen (secondary N) is 2. The number of fused-ring (bicyclic) bond motifs is 2. The van der Waals surface area contributed by atoms with Crippen LogP contribution in [-0.4, -0.2) is 68.3 Å². The lowest BCUT2D eigenvalue weighted by Crippen LogP contribution is -2.21. The van der Waals surface area contributed by atoms with Crippen LogP contribution in [0.25, 0.3) is 21.8 Å². The number of anilines is 1. The first kappa shape index (κ1) is 24.1. The van der Waals surface area contributed by atoms with Crippen LogP contribution in [0.15, 0.2) is 35.1 Å². The van der Waals surface area contributed by atoms with E-state index in [1.165, 1.54) is 13.2 Å². The zero-order valence-electron chi connectivity index (χ0n) is 17.5. The summed E-state index contributed by atoms with van der Waals surface area (Å²) in [6.07, 6.45) is 0.715. The lowest BCUT2D eigenvalue weighted by atomic mass is 10.1. The van der Waals surface area contributed by atoms with Gasteiger partial charge in [0.05, 0.1) is 29.2 Å². The van der Waals surface area contributed by atoms with E-state index < -0.39 is 15.0 Å². The maximum Gasteiger partial charge on any atom is 0.293 e. The van der Waals surface area contributed by atoms with Crippen molar-refractivity contribution < 1.29 is 22.6 Å². The molecule has 3 N–H and O–H groups in total. The molecule has 0 saturated carbocycles. The largest absolute Gasteiger partial charge is 0.497 e.